The van der Waals surface area contributed by atoms with Gasteiger partial charge in [0.2, 0.25) is 0 Å². The Hall–Kier alpha value is -3.12. The SMILES string of the molecule is CC(=O)[C@H](OCc1ccccc1)C(OCc1ccccc1)[C@@H](OCc1ccccc1)C(C)=O. The van der Waals surface area contributed by atoms with Gasteiger partial charge in [-0.3, -0.25) is 9.59 Å². The molecule has 2 atom stereocenters. The van der Waals surface area contributed by atoms with Gasteiger partial charge in [0.15, 0.2) is 11.6 Å². The minimum absolute atomic E-state index is 0.222. The lowest BCUT2D eigenvalue weighted by molar-refractivity contribution is -0.171. The number of Topliss-reactive ketones (excluding diaryl/α,β-unsaturated/α-hetero) is 2. The zero-order valence-electron chi connectivity index (χ0n) is 19.1. The Morgan fingerprint density at radius 3 is 1.15 bits per heavy atom. The fraction of sp³-hybridized carbons (Fsp3) is 0.286. The molecule has 3 aromatic rings. The second-order valence-electron chi connectivity index (χ2n) is 7.92. The summed E-state index contributed by atoms with van der Waals surface area (Å²) < 4.78 is 18.2. The van der Waals surface area contributed by atoms with Gasteiger partial charge in [0, 0.05) is 0 Å². The maximum Gasteiger partial charge on any atom is 0.161 e. The number of rotatable bonds is 13. The summed E-state index contributed by atoms with van der Waals surface area (Å²) in [4.78, 5) is 25.3. The standard InChI is InChI=1S/C28H30O5/c1-21(29)26(31-18-23-12-6-3-7-13-23)28(33-20-25-16-10-5-11-17-25)27(22(2)30)32-19-24-14-8-4-9-15-24/h3-17,26-28H,18-20H2,1-2H3/t26-,27-/m0/s1. The fourth-order valence-corrected chi connectivity index (χ4v) is 3.51. The first-order chi connectivity index (χ1) is 16.0. The first-order valence-electron chi connectivity index (χ1n) is 11.0. The van der Waals surface area contributed by atoms with Crippen LogP contribution in [0.4, 0.5) is 0 Å². The molecule has 0 radical (unpaired) electrons. The number of benzene rings is 3. The van der Waals surface area contributed by atoms with Gasteiger partial charge in [-0.05, 0) is 30.5 Å². The summed E-state index contributed by atoms with van der Waals surface area (Å²) in [6.07, 6.45) is -2.81. The van der Waals surface area contributed by atoms with Crippen molar-refractivity contribution in [2.45, 2.75) is 52.0 Å². The predicted molar refractivity (Wildman–Crippen MR) is 126 cm³/mol. The molecule has 0 amide bonds. The third kappa shape index (κ3) is 7.75. The summed E-state index contributed by atoms with van der Waals surface area (Å²) >= 11 is 0. The van der Waals surface area contributed by atoms with Crippen LogP contribution in [-0.2, 0) is 43.6 Å². The molecule has 172 valence electrons. The molecular formula is C28H30O5. The van der Waals surface area contributed by atoms with Crippen molar-refractivity contribution in [3.05, 3.63) is 108 Å². The largest absolute Gasteiger partial charge is 0.367 e. The van der Waals surface area contributed by atoms with Gasteiger partial charge >= 0.3 is 0 Å². The number of carbonyl (C=O) groups excluding carboxylic acids is 2. The first-order valence-corrected chi connectivity index (χ1v) is 11.0. The minimum atomic E-state index is -0.960. The molecule has 0 unspecified atom stereocenters. The molecule has 0 aliphatic heterocycles. The third-order valence-corrected chi connectivity index (χ3v) is 5.23. The molecule has 0 heterocycles. The van der Waals surface area contributed by atoms with E-state index in [1.165, 1.54) is 13.8 Å². The summed E-state index contributed by atoms with van der Waals surface area (Å²) in [7, 11) is 0. The Bertz CT molecular complexity index is 927. The molecule has 0 aliphatic rings. The summed E-state index contributed by atoms with van der Waals surface area (Å²) in [6.45, 7) is 3.56. The van der Waals surface area contributed by atoms with Crippen molar-refractivity contribution in [3.63, 3.8) is 0 Å². The third-order valence-electron chi connectivity index (χ3n) is 5.23. The highest BCUT2D eigenvalue weighted by Crippen LogP contribution is 2.20. The molecular weight excluding hydrogens is 416 g/mol. The smallest absolute Gasteiger partial charge is 0.161 e. The molecule has 0 bridgehead atoms. The molecule has 5 heteroatoms. The quantitative estimate of drug-likeness (QED) is 0.373. The number of ether oxygens (including phenoxy) is 3. The van der Waals surface area contributed by atoms with Gasteiger partial charge in [0.25, 0.3) is 0 Å². The molecule has 0 spiro atoms. The Balaban J connectivity index is 1.81. The van der Waals surface area contributed by atoms with Gasteiger partial charge in [-0.15, -0.1) is 0 Å². The van der Waals surface area contributed by atoms with Crippen molar-refractivity contribution < 1.29 is 23.8 Å². The van der Waals surface area contributed by atoms with E-state index < -0.39 is 18.3 Å². The molecule has 3 aromatic carbocycles. The van der Waals surface area contributed by atoms with Crippen LogP contribution in [0.25, 0.3) is 0 Å². The van der Waals surface area contributed by atoms with Crippen LogP contribution in [0.2, 0.25) is 0 Å². The van der Waals surface area contributed by atoms with Crippen molar-refractivity contribution in [2.24, 2.45) is 0 Å². The predicted octanol–water partition coefficient (Wildman–Crippen LogP) is 4.92. The van der Waals surface area contributed by atoms with Crippen LogP contribution >= 0.6 is 0 Å². The topological polar surface area (TPSA) is 61.8 Å². The Labute approximate surface area is 195 Å². The van der Waals surface area contributed by atoms with E-state index in [4.69, 9.17) is 14.2 Å². The van der Waals surface area contributed by atoms with Crippen molar-refractivity contribution >= 4 is 11.6 Å². The number of ketones is 2. The van der Waals surface area contributed by atoms with E-state index in [1.54, 1.807) is 0 Å². The van der Waals surface area contributed by atoms with E-state index in [0.29, 0.717) is 0 Å². The molecule has 0 saturated carbocycles. The van der Waals surface area contributed by atoms with E-state index >= 15 is 0 Å². The Morgan fingerprint density at radius 1 is 0.545 bits per heavy atom. The Kier molecular flexibility index (Phi) is 9.51. The second-order valence-corrected chi connectivity index (χ2v) is 7.92. The van der Waals surface area contributed by atoms with Crippen LogP contribution in [0.3, 0.4) is 0 Å². The molecule has 0 aliphatic carbocycles. The average molecular weight is 447 g/mol. The second kappa shape index (κ2) is 12.8. The number of carbonyl (C=O) groups is 2. The minimum Gasteiger partial charge on any atom is -0.367 e. The lowest BCUT2D eigenvalue weighted by atomic mass is 10.0. The first kappa shape index (κ1) is 24.5. The number of hydrogen-bond acceptors (Lipinski definition) is 5. The lowest BCUT2D eigenvalue weighted by Gasteiger charge is -2.31. The van der Waals surface area contributed by atoms with Crippen LogP contribution in [0.1, 0.15) is 30.5 Å². The summed E-state index contributed by atoms with van der Waals surface area (Å²) in [5, 5.41) is 0. The number of hydrogen-bond donors (Lipinski definition) is 0. The van der Waals surface area contributed by atoms with Gasteiger partial charge < -0.3 is 14.2 Å². The summed E-state index contributed by atoms with van der Waals surface area (Å²) in [5.41, 5.74) is 2.78. The van der Waals surface area contributed by atoms with Gasteiger partial charge in [-0.25, -0.2) is 0 Å². The van der Waals surface area contributed by atoms with Crippen molar-refractivity contribution in [3.8, 4) is 0 Å². The zero-order valence-corrected chi connectivity index (χ0v) is 19.1. The van der Waals surface area contributed by atoms with Gasteiger partial charge in [-0.1, -0.05) is 91.0 Å². The van der Waals surface area contributed by atoms with Gasteiger partial charge in [0.05, 0.1) is 19.8 Å². The molecule has 0 N–H and O–H groups in total. The monoisotopic (exact) mass is 446 g/mol. The van der Waals surface area contributed by atoms with Crippen molar-refractivity contribution in [1.29, 1.82) is 0 Å². The van der Waals surface area contributed by atoms with Crippen LogP contribution in [0.15, 0.2) is 91.0 Å². The van der Waals surface area contributed by atoms with E-state index in [-0.39, 0.29) is 31.4 Å². The maximum absolute atomic E-state index is 12.6. The van der Waals surface area contributed by atoms with Gasteiger partial charge in [0.1, 0.15) is 18.3 Å². The summed E-state index contributed by atoms with van der Waals surface area (Å²) in [6, 6.07) is 28.8. The molecule has 0 aromatic heterocycles. The van der Waals surface area contributed by atoms with Gasteiger partial charge in [-0.2, -0.15) is 0 Å². The highest BCUT2D eigenvalue weighted by molar-refractivity contribution is 5.85. The van der Waals surface area contributed by atoms with Crippen LogP contribution in [0.5, 0.6) is 0 Å². The fourth-order valence-electron chi connectivity index (χ4n) is 3.51. The van der Waals surface area contributed by atoms with E-state index in [9.17, 15) is 9.59 Å². The van der Waals surface area contributed by atoms with Crippen LogP contribution in [-0.4, -0.2) is 29.9 Å². The molecule has 5 nitrogen and oxygen atoms in total. The summed E-state index contributed by atoms with van der Waals surface area (Å²) in [5.74, 6) is -0.447. The average Bonchev–Trinajstić information content (AvgIpc) is 2.83. The van der Waals surface area contributed by atoms with Crippen LogP contribution < -0.4 is 0 Å². The molecule has 0 fully saturated rings. The van der Waals surface area contributed by atoms with Crippen molar-refractivity contribution in [2.75, 3.05) is 0 Å². The molecule has 0 saturated heterocycles. The Morgan fingerprint density at radius 2 is 0.848 bits per heavy atom. The highest BCUT2D eigenvalue weighted by atomic mass is 16.6. The van der Waals surface area contributed by atoms with Crippen molar-refractivity contribution in [1.82, 2.24) is 0 Å². The van der Waals surface area contributed by atoms with E-state index in [1.807, 2.05) is 91.0 Å². The molecule has 33 heavy (non-hydrogen) atoms. The highest BCUT2D eigenvalue weighted by Gasteiger charge is 2.38. The molecule has 3 rings (SSSR count). The van der Waals surface area contributed by atoms with E-state index in [2.05, 4.69) is 0 Å². The zero-order chi connectivity index (χ0) is 23.5. The lowest BCUT2D eigenvalue weighted by Crippen LogP contribution is -2.49. The normalized spacial score (nSPS) is 12.9. The van der Waals surface area contributed by atoms with Crippen LogP contribution in [0, 0.1) is 0 Å². The van der Waals surface area contributed by atoms with E-state index in [0.717, 1.165) is 16.7 Å². The maximum atomic E-state index is 12.6.